The molecule has 5 nitrogen and oxygen atoms in total. The fourth-order valence-corrected chi connectivity index (χ4v) is 2.08. The summed E-state index contributed by atoms with van der Waals surface area (Å²) in [7, 11) is 0. The highest BCUT2D eigenvalue weighted by molar-refractivity contribution is 5.74. The maximum Gasteiger partial charge on any atom is 0.409 e. The van der Waals surface area contributed by atoms with E-state index in [0.29, 0.717) is 19.6 Å². The van der Waals surface area contributed by atoms with Crippen molar-refractivity contribution in [3.8, 4) is 0 Å². The number of carbonyl (C=O) groups is 2. The molecule has 1 atom stereocenters. The summed E-state index contributed by atoms with van der Waals surface area (Å²) < 4.78 is 5.15. The van der Waals surface area contributed by atoms with Gasteiger partial charge in [-0.15, -0.1) is 0 Å². The number of rotatable bonds is 5. The molecule has 2 N–H and O–H groups in total. The lowest BCUT2D eigenvalue weighted by Gasteiger charge is -2.31. The van der Waals surface area contributed by atoms with Crippen LogP contribution in [0.5, 0.6) is 0 Å². The molecule has 0 aromatic heterocycles. The van der Waals surface area contributed by atoms with Crippen LogP contribution in [0.2, 0.25) is 0 Å². The number of primary amides is 1. The van der Waals surface area contributed by atoms with Crippen LogP contribution in [0.15, 0.2) is 0 Å². The Hall–Kier alpha value is -1.26. The Morgan fingerprint density at radius 2 is 2.24 bits per heavy atom. The quantitative estimate of drug-likeness (QED) is 0.743. The van der Waals surface area contributed by atoms with Crippen molar-refractivity contribution >= 4 is 12.0 Å². The molecular formula is C12H22N2O3. The van der Waals surface area contributed by atoms with Crippen LogP contribution in [0, 0.1) is 5.92 Å². The molecule has 1 aliphatic heterocycles. The Balaban J connectivity index is 2.32. The second-order valence-electron chi connectivity index (χ2n) is 4.59. The third-order valence-corrected chi connectivity index (χ3v) is 2.99. The van der Waals surface area contributed by atoms with Crippen molar-refractivity contribution in [1.82, 2.24) is 4.90 Å². The normalized spacial score (nSPS) is 20.1. The first-order valence-electron chi connectivity index (χ1n) is 6.33. The van der Waals surface area contributed by atoms with Crippen molar-refractivity contribution in [3.05, 3.63) is 0 Å². The van der Waals surface area contributed by atoms with Crippen LogP contribution in [0.3, 0.4) is 0 Å². The molecule has 5 heteroatoms. The zero-order chi connectivity index (χ0) is 12.7. The summed E-state index contributed by atoms with van der Waals surface area (Å²) in [4.78, 5) is 24.2. The molecule has 1 saturated heterocycles. The van der Waals surface area contributed by atoms with Gasteiger partial charge in [0.1, 0.15) is 0 Å². The first-order valence-corrected chi connectivity index (χ1v) is 6.33. The van der Waals surface area contributed by atoms with Crippen molar-refractivity contribution in [2.45, 2.75) is 39.0 Å². The molecule has 1 heterocycles. The van der Waals surface area contributed by atoms with Crippen LogP contribution in [-0.4, -0.2) is 36.6 Å². The van der Waals surface area contributed by atoms with E-state index in [1.807, 2.05) is 0 Å². The van der Waals surface area contributed by atoms with Crippen molar-refractivity contribution in [2.75, 3.05) is 19.7 Å². The van der Waals surface area contributed by atoms with Gasteiger partial charge in [-0.05, 0) is 25.2 Å². The van der Waals surface area contributed by atoms with E-state index in [2.05, 4.69) is 6.92 Å². The lowest BCUT2D eigenvalue weighted by molar-refractivity contribution is -0.119. The molecule has 17 heavy (non-hydrogen) atoms. The fourth-order valence-electron chi connectivity index (χ4n) is 2.08. The number of nitrogens with zero attached hydrogens (tertiary/aromatic N) is 1. The van der Waals surface area contributed by atoms with Crippen LogP contribution in [-0.2, 0) is 9.53 Å². The van der Waals surface area contributed by atoms with Crippen molar-refractivity contribution in [3.63, 3.8) is 0 Å². The monoisotopic (exact) mass is 242 g/mol. The van der Waals surface area contributed by atoms with E-state index in [0.717, 1.165) is 32.2 Å². The van der Waals surface area contributed by atoms with E-state index >= 15 is 0 Å². The Bertz CT molecular complexity index is 268. The summed E-state index contributed by atoms with van der Waals surface area (Å²) in [6.45, 7) is 3.85. The first kappa shape index (κ1) is 13.8. The number of likely N-dealkylation sites (tertiary alicyclic amines) is 1. The smallest absolute Gasteiger partial charge is 0.409 e. The summed E-state index contributed by atoms with van der Waals surface area (Å²) in [5.41, 5.74) is 5.17. The van der Waals surface area contributed by atoms with Crippen LogP contribution in [0.25, 0.3) is 0 Å². The highest BCUT2D eigenvalue weighted by Gasteiger charge is 2.25. The Morgan fingerprint density at radius 1 is 1.47 bits per heavy atom. The minimum absolute atomic E-state index is 0.194. The SMILES string of the molecule is CCCCOC(=O)N1CCCC(CC(N)=O)C1. The van der Waals surface area contributed by atoms with Gasteiger partial charge in [-0.25, -0.2) is 4.79 Å². The van der Waals surface area contributed by atoms with E-state index in [-0.39, 0.29) is 17.9 Å². The lowest BCUT2D eigenvalue weighted by Crippen LogP contribution is -2.41. The highest BCUT2D eigenvalue weighted by Crippen LogP contribution is 2.19. The predicted octanol–water partition coefficient (Wildman–Crippen LogP) is 1.51. The lowest BCUT2D eigenvalue weighted by atomic mass is 9.95. The number of amides is 2. The first-order chi connectivity index (χ1) is 8.13. The molecule has 0 radical (unpaired) electrons. The van der Waals surface area contributed by atoms with E-state index in [1.54, 1.807) is 4.90 Å². The molecule has 0 aromatic rings. The van der Waals surface area contributed by atoms with Gasteiger partial charge >= 0.3 is 6.09 Å². The maximum atomic E-state index is 11.7. The van der Waals surface area contributed by atoms with E-state index < -0.39 is 0 Å². The van der Waals surface area contributed by atoms with Crippen LogP contribution in [0.1, 0.15) is 39.0 Å². The minimum atomic E-state index is -0.295. The Labute approximate surface area is 102 Å². The van der Waals surface area contributed by atoms with Crippen molar-refractivity contribution in [2.24, 2.45) is 11.7 Å². The zero-order valence-corrected chi connectivity index (χ0v) is 10.5. The summed E-state index contributed by atoms with van der Waals surface area (Å²) in [5, 5.41) is 0. The van der Waals surface area contributed by atoms with Crippen molar-refractivity contribution < 1.29 is 14.3 Å². The van der Waals surface area contributed by atoms with Crippen molar-refractivity contribution in [1.29, 1.82) is 0 Å². The van der Waals surface area contributed by atoms with Gasteiger partial charge in [-0.2, -0.15) is 0 Å². The molecule has 0 aliphatic carbocycles. The number of nitrogens with two attached hydrogens (primary N) is 1. The summed E-state index contributed by atoms with van der Waals surface area (Å²) in [6.07, 6.45) is 3.89. The molecule has 1 rings (SSSR count). The van der Waals surface area contributed by atoms with Gasteiger partial charge in [0.2, 0.25) is 5.91 Å². The van der Waals surface area contributed by atoms with Gasteiger partial charge in [0, 0.05) is 19.5 Å². The van der Waals surface area contributed by atoms with E-state index in [1.165, 1.54) is 0 Å². The molecule has 0 aromatic carbocycles. The van der Waals surface area contributed by atoms with E-state index in [4.69, 9.17) is 10.5 Å². The van der Waals surface area contributed by atoms with Gasteiger partial charge < -0.3 is 15.4 Å². The second kappa shape index (κ2) is 7.14. The minimum Gasteiger partial charge on any atom is -0.449 e. The van der Waals surface area contributed by atoms with Crippen LogP contribution in [0.4, 0.5) is 4.79 Å². The van der Waals surface area contributed by atoms with Gasteiger partial charge in [0.25, 0.3) is 0 Å². The third-order valence-electron chi connectivity index (χ3n) is 2.99. The molecule has 98 valence electrons. The Morgan fingerprint density at radius 3 is 2.88 bits per heavy atom. The molecule has 0 bridgehead atoms. The molecule has 1 fully saturated rings. The maximum absolute atomic E-state index is 11.7. The number of piperidine rings is 1. The van der Waals surface area contributed by atoms with Gasteiger partial charge in [0.15, 0.2) is 0 Å². The summed E-state index contributed by atoms with van der Waals surface area (Å²) in [5.74, 6) is -0.101. The zero-order valence-electron chi connectivity index (χ0n) is 10.5. The summed E-state index contributed by atoms with van der Waals surface area (Å²) in [6, 6.07) is 0. The fraction of sp³-hybridized carbons (Fsp3) is 0.833. The average molecular weight is 242 g/mol. The van der Waals surface area contributed by atoms with Gasteiger partial charge in [0.05, 0.1) is 6.61 Å². The second-order valence-corrected chi connectivity index (χ2v) is 4.59. The standard InChI is InChI=1S/C12H22N2O3/c1-2-3-7-17-12(16)14-6-4-5-10(9-14)8-11(13)15/h10H,2-9H2,1H3,(H2,13,15). The molecule has 2 amide bonds. The topological polar surface area (TPSA) is 72.6 Å². The molecule has 0 spiro atoms. The number of hydrogen-bond donors (Lipinski definition) is 1. The number of hydrogen-bond acceptors (Lipinski definition) is 3. The highest BCUT2D eigenvalue weighted by atomic mass is 16.6. The van der Waals surface area contributed by atoms with Crippen LogP contribution < -0.4 is 5.73 Å². The predicted molar refractivity (Wildman–Crippen MR) is 64.4 cm³/mol. The van der Waals surface area contributed by atoms with Gasteiger partial charge in [-0.3, -0.25) is 4.79 Å². The Kier molecular flexibility index (Phi) is 5.80. The van der Waals surface area contributed by atoms with Crippen LogP contribution >= 0.6 is 0 Å². The molecule has 0 saturated carbocycles. The molecular weight excluding hydrogens is 220 g/mol. The third kappa shape index (κ3) is 5.06. The molecule has 1 unspecified atom stereocenters. The average Bonchev–Trinajstić information content (AvgIpc) is 2.28. The largest absolute Gasteiger partial charge is 0.449 e. The molecule has 1 aliphatic rings. The van der Waals surface area contributed by atoms with Gasteiger partial charge in [-0.1, -0.05) is 13.3 Å². The summed E-state index contributed by atoms with van der Waals surface area (Å²) >= 11 is 0. The number of unbranched alkanes of at least 4 members (excludes halogenated alkanes) is 1. The van der Waals surface area contributed by atoms with E-state index in [9.17, 15) is 9.59 Å². The number of ether oxygens (including phenoxy) is 1. The number of carbonyl (C=O) groups excluding carboxylic acids is 2.